The second-order valence-corrected chi connectivity index (χ2v) is 34.4. The molecule has 30 nitrogen and oxygen atoms in total. The summed E-state index contributed by atoms with van der Waals surface area (Å²) in [6.45, 7) is 9.97. The third kappa shape index (κ3) is 18.3. The standard InChI is InChI=1S/C53H70N11O19P3S4/c1-6-62-39-18-16-35(89(75,76)77)26-37(39)52(2,3)43(62)13-10-14-44-53(4,5)38-27-36(90(78,79)80)17-19-40(38)63(44)23-9-7-8-15-45(65)57-22-25-88-87-24-20-46(66)56-21-11-12-34-29-64(49-48(34)50(67)60-51(54)59-49)47-28-41(81-31-58-61-55)42(83-47)30-82-86(73,74)33-84(68,69)32-85(70,71)72/h10,13-14,16-19,26-27,29,41-42,47H,6-9,15,20-25,28,30-33H2,1-5H3,(H10-,54,56,57,59,60,65,66,67,68,69,70,71,72,73,74,75,76,77,78,79,80)/t41-,42-,47-/m1/s1. The van der Waals surface area contributed by atoms with Gasteiger partial charge < -0.3 is 64.0 Å². The zero-order chi connectivity index (χ0) is 66.2. The summed E-state index contributed by atoms with van der Waals surface area (Å²) in [5.74, 6) is 2.95. The van der Waals surface area contributed by atoms with E-state index in [-0.39, 0.29) is 70.0 Å². The fourth-order valence-corrected chi connectivity index (χ4v) is 20.1. The number of amides is 2. The molecule has 2 aromatic heterocycles. The average Bonchev–Trinajstić information content (AvgIpc) is 1.61. The molecule has 0 radical (unpaired) electrons. The predicted molar refractivity (Wildman–Crippen MR) is 337 cm³/mol. The van der Waals surface area contributed by atoms with E-state index < -0.39 is 103 Å². The number of likely N-dealkylation sites (N-methyl/N-ethyl adjacent to an activating group) is 1. The largest absolute Gasteiger partial charge is 0.744 e. The minimum atomic E-state index is -5.04. The lowest BCUT2D eigenvalue weighted by Gasteiger charge is -2.25. The molecular weight excluding hydrogens is 1320 g/mol. The Morgan fingerprint density at radius 2 is 1.70 bits per heavy atom. The van der Waals surface area contributed by atoms with E-state index in [4.69, 9.17) is 35.0 Å². The van der Waals surface area contributed by atoms with Gasteiger partial charge in [0.15, 0.2) is 11.4 Å². The lowest BCUT2D eigenvalue weighted by molar-refractivity contribution is -0.438. The van der Waals surface area contributed by atoms with Crippen LogP contribution in [-0.4, -0.2) is 157 Å². The summed E-state index contributed by atoms with van der Waals surface area (Å²) in [6.07, 6.45) is 6.31. The predicted octanol–water partition coefficient (Wildman–Crippen LogP) is 6.21. The van der Waals surface area contributed by atoms with Crippen molar-refractivity contribution in [2.45, 2.75) is 112 Å². The highest BCUT2D eigenvalue weighted by Crippen LogP contribution is 2.63. The molecule has 0 bridgehead atoms. The maximum Gasteiger partial charge on any atom is 0.337 e. The van der Waals surface area contributed by atoms with Crippen molar-refractivity contribution < 1.29 is 87.4 Å². The quantitative estimate of drug-likeness (QED) is 0.00322. The number of aromatic amines is 1. The molecule has 1 saturated heterocycles. The molecule has 90 heavy (non-hydrogen) atoms. The summed E-state index contributed by atoms with van der Waals surface area (Å²) in [4.78, 5) is 88.0. The Balaban J connectivity index is 0.859. The first-order valence-electron chi connectivity index (χ1n) is 27.9. The van der Waals surface area contributed by atoms with Crippen LogP contribution in [0.1, 0.15) is 96.1 Å². The van der Waals surface area contributed by atoms with Crippen LogP contribution in [0.25, 0.3) is 21.5 Å². The van der Waals surface area contributed by atoms with Crippen LogP contribution in [0.5, 0.6) is 0 Å². The van der Waals surface area contributed by atoms with Crippen LogP contribution in [0.15, 0.2) is 86.2 Å². The number of nitrogen functional groups attached to an aromatic ring is 1. The first-order valence-corrected chi connectivity index (χ1v) is 38.8. The Hall–Kier alpha value is -5.65. The number of aromatic nitrogens is 3. The first kappa shape index (κ1) is 71.8. The fourth-order valence-electron chi connectivity index (χ4n) is 10.8. The van der Waals surface area contributed by atoms with Crippen LogP contribution in [0.4, 0.5) is 17.3 Å². The molecule has 0 saturated carbocycles. The van der Waals surface area contributed by atoms with Gasteiger partial charge in [-0.2, -0.15) is 18.0 Å². The van der Waals surface area contributed by atoms with E-state index in [0.717, 1.165) is 28.3 Å². The average molecular weight is 1390 g/mol. The maximum absolute atomic E-state index is 13.2. The summed E-state index contributed by atoms with van der Waals surface area (Å²) in [6, 6.07) is 8.93. The van der Waals surface area contributed by atoms with Crippen LogP contribution in [0.3, 0.4) is 0 Å². The number of ether oxygens (including phenoxy) is 2. The number of fused-ring (bicyclic) bond motifs is 3. The number of hydrogen-bond acceptors (Lipinski definition) is 20. The molecule has 2 amide bonds. The molecule has 3 aliphatic heterocycles. The van der Waals surface area contributed by atoms with Crippen LogP contribution >= 0.6 is 44.1 Å². The van der Waals surface area contributed by atoms with E-state index in [1.807, 2.05) is 52.8 Å². The van der Waals surface area contributed by atoms with Crippen LogP contribution < -0.4 is 26.8 Å². The number of nitrogens with two attached hydrogens (primary N) is 1. The fraction of sp³-hybridized carbons (Fsp3) is 0.491. The number of benzene rings is 2. The summed E-state index contributed by atoms with van der Waals surface area (Å²) >= 11 is 0. The Morgan fingerprint density at radius 3 is 2.39 bits per heavy atom. The Labute approximate surface area is 526 Å². The molecule has 0 aliphatic carbocycles. The van der Waals surface area contributed by atoms with Crippen molar-refractivity contribution >= 4 is 110 Å². The number of nitrogens with one attached hydrogen (secondary N) is 3. The molecule has 3 aliphatic rings. The lowest BCUT2D eigenvalue weighted by Crippen LogP contribution is -2.29. The second kappa shape index (κ2) is 29.5. The number of carbonyl (C=O) groups is 2. The first-order chi connectivity index (χ1) is 42.1. The second-order valence-electron chi connectivity index (χ2n) is 22.1. The molecule has 490 valence electrons. The zero-order valence-corrected chi connectivity index (χ0v) is 55.4. The minimum Gasteiger partial charge on any atom is -0.744 e. The Morgan fingerprint density at radius 1 is 1.00 bits per heavy atom. The molecule has 1 fully saturated rings. The number of carbonyl (C=O) groups excluding carboxylic acids is 2. The van der Waals surface area contributed by atoms with Crippen molar-refractivity contribution in [1.82, 2.24) is 25.2 Å². The highest BCUT2D eigenvalue weighted by atomic mass is 33.1. The molecule has 4 aromatic rings. The van der Waals surface area contributed by atoms with Gasteiger partial charge in [-0.3, -0.25) is 37.6 Å². The summed E-state index contributed by atoms with van der Waals surface area (Å²) in [7, 11) is -21.1. The Bertz CT molecular complexity index is 4080. The van der Waals surface area contributed by atoms with Crippen molar-refractivity contribution in [3.05, 3.63) is 104 Å². The number of H-pyrrole nitrogens is 1. The van der Waals surface area contributed by atoms with E-state index in [0.29, 0.717) is 56.0 Å². The van der Waals surface area contributed by atoms with Crippen molar-refractivity contribution in [3.63, 3.8) is 0 Å². The van der Waals surface area contributed by atoms with Gasteiger partial charge in [-0.15, -0.1) is 0 Å². The topological polar surface area (TPSA) is 461 Å². The Kier molecular flexibility index (Phi) is 23.6. The number of hydrogen-bond donors (Lipinski definition) is 9. The highest BCUT2D eigenvalue weighted by molar-refractivity contribution is 8.76. The number of unbranched alkanes of at least 4 members (excludes halogenated alkanes) is 2. The normalized spacial score (nSPS) is 19.7. The number of nitrogens with zero attached hydrogens (tertiary/aromatic N) is 7. The van der Waals surface area contributed by atoms with Gasteiger partial charge in [-0.1, -0.05) is 58.5 Å². The highest BCUT2D eigenvalue weighted by Gasteiger charge is 2.46. The van der Waals surface area contributed by atoms with Gasteiger partial charge in [0.2, 0.25) is 30.8 Å². The summed E-state index contributed by atoms with van der Waals surface area (Å²) in [5, 5.41) is 8.94. The van der Waals surface area contributed by atoms with Crippen molar-refractivity contribution in [3.8, 4) is 11.8 Å². The van der Waals surface area contributed by atoms with Crippen molar-refractivity contribution in [2.75, 3.05) is 73.5 Å². The third-order valence-electron chi connectivity index (χ3n) is 14.9. The van der Waals surface area contributed by atoms with E-state index in [2.05, 4.69) is 51.9 Å². The van der Waals surface area contributed by atoms with Gasteiger partial charge in [0.05, 0.1) is 45.4 Å². The van der Waals surface area contributed by atoms with Gasteiger partial charge in [-0.25, -0.2) is 8.42 Å². The number of anilines is 2. The van der Waals surface area contributed by atoms with E-state index >= 15 is 0 Å². The van der Waals surface area contributed by atoms with E-state index in [9.17, 15) is 63.8 Å². The third-order valence-corrected chi connectivity index (χ3v) is 26.0. The molecule has 2 unspecified atom stereocenters. The van der Waals surface area contributed by atoms with E-state index in [1.165, 1.54) is 56.6 Å². The van der Waals surface area contributed by atoms with Gasteiger partial charge in [0.1, 0.15) is 47.5 Å². The lowest BCUT2D eigenvalue weighted by atomic mass is 9.81. The van der Waals surface area contributed by atoms with Gasteiger partial charge in [-0.05, 0) is 81.1 Å². The van der Waals surface area contributed by atoms with Gasteiger partial charge >= 0.3 is 15.2 Å². The monoisotopic (exact) mass is 1390 g/mol. The molecule has 10 N–H and O–H groups in total. The number of azide groups is 1. The van der Waals surface area contributed by atoms with Crippen molar-refractivity contribution in [1.29, 1.82) is 0 Å². The van der Waals surface area contributed by atoms with Crippen LogP contribution in [-0.2, 0) is 68.3 Å². The minimum absolute atomic E-state index is 0.00125. The molecule has 37 heteroatoms. The van der Waals surface area contributed by atoms with Crippen LogP contribution in [0.2, 0.25) is 0 Å². The summed E-state index contributed by atoms with van der Waals surface area (Å²) in [5.41, 5.74) is 17.5. The smallest absolute Gasteiger partial charge is 0.337 e. The molecular formula is C53H70N11O19P3S4. The van der Waals surface area contributed by atoms with Crippen LogP contribution in [0, 0.1) is 11.8 Å². The number of rotatable bonds is 30. The van der Waals surface area contributed by atoms with E-state index in [1.54, 1.807) is 12.1 Å². The number of allylic oxidation sites excluding steroid dienone is 4. The zero-order valence-electron chi connectivity index (χ0n) is 49.5. The van der Waals surface area contributed by atoms with Crippen molar-refractivity contribution in [2.24, 2.45) is 5.11 Å². The molecule has 7 rings (SSSR count). The molecule has 0 spiro atoms. The molecule has 2 aromatic carbocycles. The molecule has 5 atom stereocenters. The SMILES string of the molecule is CCN1/C(=C/C=C/C2=[N+](CCCCCC(=O)NCCSSCCC(=O)NCC#Cc3cn([C@H]4C[C@@H](OCN=[N+]=[N-])[C@@H](COP(=O)(O)CP(=O)(O)CP(=O)(O)O)O4)c4nc(N)[nH]c(=O)c34)c3ccc(S(=O)(=O)[O-])cc3C2(C)C)C(C)(C)c2cc(S(=O)(=O)O)ccc21. The van der Waals surface area contributed by atoms with Gasteiger partial charge in [0, 0.05) is 95.9 Å². The van der Waals surface area contributed by atoms with Gasteiger partial charge in [0.25, 0.3) is 15.7 Å². The summed E-state index contributed by atoms with van der Waals surface area (Å²) < 4.78 is 127. The molecule has 5 heterocycles. The maximum atomic E-state index is 13.2.